The zero-order valence-electron chi connectivity index (χ0n) is 13.9. The third-order valence-electron chi connectivity index (χ3n) is 3.46. The number of hydrogen-bond donors (Lipinski definition) is 0. The van der Waals surface area contributed by atoms with Crippen LogP contribution < -0.4 is 0 Å². The van der Waals surface area contributed by atoms with E-state index in [1.165, 1.54) is 34.1 Å². The minimum atomic E-state index is -0.434. The molecule has 132 valence electrons. The van der Waals surface area contributed by atoms with Gasteiger partial charge in [-0.05, 0) is 36.9 Å². The SMILES string of the molecule is Cc1csc(/N=C2/S/C(=C\C=C\c3ccccc3[N+](=O)[O-])C(=O)N2C)n1. The molecule has 26 heavy (non-hydrogen) atoms. The lowest BCUT2D eigenvalue weighted by Crippen LogP contribution is -2.23. The van der Waals surface area contributed by atoms with E-state index in [4.69, 9.17) is 0 Å². The van der Waals surface area contributed by atoms with Gasteiger partial charge in [-0.1, -0.05) is 18.2 Å². The predicted octanol–water partition coefficient (Wildman–Crippen LogP) is 4.15. The van der Waals surface area contributed by atoms with E-state index in [2.05, 4.69) is 9.98 Å². The lowest BCUT2D eigenvalue weighted by molar-refractivity contribution is -0.385. The maximum atomic E-state index is 12.3. The highest BCUT2D eigenvalue weighted by Crippen LogP contribution is 2.32. The predicted molar refractivity (Wildman–Crippen MR) is 105 cm³/mol. The van der Waals surface area contributed by atoms with Gasteiger partial charge in [-0.25, -0.2) is 4.98 Å². The van der Waals surface area contributed by atoms with Crippen molar-refractivity contribution in [3.8, 4) is 0 Å². The van der Waals surface area contributed by atoms with Crippen molar-refractivity contribution in [3.05, 3.63) is 68.1 Å². The van der Waals surface area contributed by atoms with Crippen LogP contribution in [0.4, 0.5) is 10.8 Å². The lowest BCUT2D eigenvalue weighted by Gasteiger charge is -2.05. The number of aliphatic imine (C=N–C) groups is 1. The van der Waals surface area contributed by atoms with Gasteiger partial charge in [0.1, 0.15) is 0 Å². The molecule has 1 fully saturated rings. The second kappa shape index (κ2) is 7.63. The molecule has 2 aromatic rings. The van der Waals surface area contributed by atoms with Crippen LogP contribution in [0, 0.1) is 17.0 Å². The van der Waals surface area contributed by atoms with Crippen molar-refractivity contribution in [1.29, 1.82) is 0 Å². The minimum Gasteiger partial charge on any atom is -0.289 e. The molecule has 0 radical (unpaired) electrons. The van der Waals surface area contributed by atoms with Crippen molar-refractivity contribution >= 4 is 51.1 Å². The van der Waals surface area contributed by atoms with Crippen LogP contribution in [-0.4, -0.2) is 32.9 Å². The summed E-state index contributed by atoms with van der Waals surface area (Å²) >= 11 is 2.66. The average Bonchev–Trinajstić information content (AvgIpc) is 3.14. The number of thioether (sulfide) groups is 1. The topological polar surface area (TPSA) is 88.7 Å². The van der Waals surface area contributed by atoms with Gasteiger partial charge in [0.2, 0.25) is 5.13 Å². The molecule has 9 heteroatoms. The second-order valence-corrected chi connectivity index (χ2v) is 7.18. The fraction of sp³-hybridized carbons (Fsp3) is 0.118. The van der Waals surface area contributed by atoms with Crippen LogP contribution in [0.2, 0.25) is 0 Å². The number of nitrogens with zero attached hydrogens (tertiary/aromatic N) is 4. The van der Waals surface area contributed by atoms with Crippen molar-refractivity contribution in [2.45, 2.75) is 6.92 Å². The fourth-order valence-electron chi connectivity index (χ4n) is 2.17. The molecule has 0 aliphatic carbocycles. The molecule has 0 atom stereocenters. The first kappa shape index (κ1) is 18.0. The molecule has 0 saturated carbocycles. The number of carbonyl (C=O) groups is 1. The molecular weight excluding hydrogens is 372 g/mol. The van der Waals surface area contributed by atoms with Gasteiger partial charge < -0.3 is 0 Å². The van der Waals surface area contributed by atoms with Crippen LogP contribution in [-0.2, 0) is 4.79 Å². The summed E-state index contributed by atoms with van der Waals surface area (Å²) in [4.78, 5) is 33.5. The standard InChI is InChI=1S/C17H14N4O3S2/c1-11-10-25-16(18-11)19-17-20(2)15(22)14(26-17)9-5-7-12-6-3-4-8-13(12)21(23)24/h3-10H,1-2H3/b7-5+,14-9-,19-17+. The van der Waals surface area contributed by atoms with E-state index in [1.807, 2.05) is 12.3 Å². The number of thiazole rings is 1. The summed E-state index contributed by atoms with van der Waals surface area (Å²) in [5.41, 5.74) is 1.38. The summed E-state index contributed by atoms with van der Waals surface area (Å²) in [6, 6.07) is 6.43. The number of nitro groups is 1. The first-order chi connectivity index (χ1) is 12.5. The van der Waals surface area contributed by atoms with Gasteiger partial charge in [0, 0.05) is 18.5 Å². The monoisotopic (exact) mass is 386 g/mol. The second-order valence-electron chi connectivity index (χ2n) is 5.34. The number of rotatable bonds is 4. The first-order valence-electron chi connectivity index (χ1n) is 7.54. The molecule has 2 heterocycles. The third kappa shape index (κ3) is 3.89. The van der Waals surface area contributed by atoms with Crippen molar-refractivity contribution < 1.29 is 9.72 Å². The van der Waals surface area contributed by atoms with Crippen LogP contribution in [0.1, 0.15) is 11.3 Å². The summed E-state index contributed by atoms with van der Waals surface area (Å²) in [5, 5.41) is 14.1. The molecule has 1 saturated heterocycles. The van der Waals surface area contributed by atoms with Crippen molar-refractivity contribution in [2.75, 3.05) is 7.05 Å². The van der Waals surface area contributed by atoms with E-state index in [9.17, 15) is 14.9 Å². The van der Waals surface area contributed by atoms with Crippen molar-refractivity contribution in [1.82, 2.24) is 9.88 Å². The summed E-state index contributed by atoms with van der Waals surface area (Å²) in [6.45, 7) is 1.88. The molecule has 1 aliphatic rings. The number of benzene rings is 1. The zero-order chi connectivity index (χ0) is 18.7. The third-order valence-corrected chi connectivity index (χ3v) is 5.39. The highest BCUT2D eigenvalue weighted by molar-refractivity contribution is 8.18. The molecular formula is C17H14N4O3S2. The lowest BCUT2D eigenvalue weighted by atomic mass is 10.1. The normalized spacial score (nSPS) is 17.8. The number of para-hydroxylation sites is 1. The average molecular weight is 386 g/mol. The number of amides is 1. The highest BCUT2D eigenvalue weighted by Gasteiger charge is 2.30. The number of carbonyl (C=O) groups excluding carboxylic acids is 1. The Bertz CT molecular complexity index is 962. The van der Waals surface area contributed by atoms with Crippen LogP contribution in [0.25, 0.3) is 6.08 Å². The van der Waals surface area contributed by atoms with E-state index in [0.29, 0.717) is 20.8 Å². The number of likely N-dealkylation sites (N-methyl/N-ethyl adjacent to an activating group) is 1. The smallest absolute Gasteiger partial charge is 0.276 e. The van der Waals surface area contributed by atoms with E-state index in [-0.39, 0.29) is 11.6 Å². The molecule has 3 rings (SSSR count). The largest absolute Gasteiger partial charge is 0.289 e. The van der Waals surface area contributed by atoms with Crippen LogP contribution in [0.3, 0.4) is 0 Å². The first-order valence-corrected chi connectivity index (χ1v) is 9.24. The molecule has 1 aromatic heterocycles. The van der Waals surface area contributed by atoms with Gasteiger partial charge >= 0.3 is 0 Å². The summed E-state index contributed by atoms with van der Waals surface area (Å²) < 4.78 is 0. The zero-order valence-corrected chi connectivity index (χ0v) is 15.6. The Morgan fingerprint density at radius 2 is 2.12 bits per heavy atom. The maximum Gasteiger partial charge on any atom is 0.276 e. The maximum absolute atomic E-state index is 12.3. The van der Waals surface area contributed by atoms with Gasteiger partial charge in [0.15, 0.2) is 5.17 Å². The number of aryl methyl sites for hydroxylation is 1. The number of hydrogen-bond acceptors (Lipinski definition) is 7. The Morgan fingerprint density at radius 3 is 2.81 bits per heavy atom. The fourth-order valence-corrected chi connectivity index (χ4v) is 3.82. The quantitative estimate of drug-likeness (QED) is 0.447. The summed E-state index contributed by atoms with van der Waals surface area (Å²) in [6.07, 6.45) is 4.88. The van der Waals surface area contributed by atoms with Gasteiger partial charge in [0.05, 0.1) is 21.1 Å². The van der Waals surface area contributed by atoms with Gasteiger partial charge in [-0.2, -0.15) is 4.99 Å². The molecule has 0 spiro atoms. The number of aromatic nitrogens is 1. The van der Waals surface area contributed by atoms with Gasteiger partial charge in [-0.3, -0.25) is 19.8 Å². The van der Waals surface area contributed by atoms with Crippen LogP contribution in [0.5, 0.6) is 0 Å². The van der Waals surface area contributed by atoms with E-state index < -0.39 is 4.92 Å². The Morgan fingerprint density at radius 1 is 1.35 bits per heavy atom. The highest BCUT2D eigenvalue weighted by atomic mass is 32.2. The van der Waals surface area contributed by atoms with Crippen molar-refractivity contribution in [2.24, 2.45) is 4.99 Å². The summed E-state index contributed by atoms with van der Waals surface area (Å²) in [7, 11) is 1.65. The Labute approximate surface area is 157 Å². The Kier molecular flexibility index (Phi) is 5.29. The summed E-state index contributed by atoms with van der Waals surface area (Å²) in [5.74, 6) is -0.172. The molecule has 0 bridgehead atoms. The Balaban J connectivity index is 1.81. The van der Waals surface area contributed by atoms with Gasteiger partial charge in [-0.15, -0.1) is 11.3 Å². The molecule has 1 amide bonds. The van der Waals surface area contributed by atoms with E-state index in [1.54, 1.807) is 43.5 Å². The molecule has 0 unspecified atom stereocenters. The van der Waals surface area contributed by atoms with Crippen LogP contribution >= 0.6 is 23.1 Å². The number of allylic oxidation sites excluding steroid dienone is 2. The van der Waals surface area contributed by atoms with Gasteiger partial charge in [0.25, 0.3) is 11.6 Å². The number of nitro benzene ring substituents is 1. The van der Waals surface area contributed by atoms with Crippen molar-refractivity contribution in [3.63, 3.8) is 0 Å². The van der Waals surface area contributed by atoms with E-state index >= 15 is 0 Å². The molecule has 0 N–H and O–H groups in total. The minimum absolute atomic E-state index is 0.0195. The molecule has 1 aromatic carbocycles. The molecule has 1 aliphatic heterocycles. The Hall–Kier alpha value is -2.78. The number of amidine groups is 1. The van der Waals surface area contributed by atoms with Crippen LogP contribution in [0.15, 0.2) is 51.7 Å². The van der Waals surface area contributed by atoms with E-state index in [0.717, 1.165) is 5.69 Å². The molecule has 7 nitrogen and oxygen atoms in total.